The molecule has 0 radical (unpaired) electrons. The third-order valence-electron chi connectivity index (χ3n) is 4.90. The molecule has 0 bridgehead atoms. The maximum atomic E-state index is 11.4. The van der Waals surface area contributed by atoms with Gasteiger partial charge in [-0.15, -0.1) is 0 Å². The Kier molecular flexibility index (Phi) is 8.98. The Labute approximate surface area is 186 Å². The lowest BCUT2D eigenvalue weighted by atomic mass is 9.84. The molecule has 3 rings (SSSR count). The molecule has 0 aliphatic heterocycles. The van der Waals surface area contributed by atoms with Gasteiger partial charge >= 0.3 is 11.9 Å². The van der Waals surface area contributed by atoms with Gasteiger partial charge in [-0.3, -0.25) is 15.0 Å². The second-order valence-electron chi connectivity index (χ2n) is 7.24. The smallest absolute Gasteiger partial charge is 0.304 e. The SMILES string of the molecule is N=C(N)N.O=C(O)CC(c1ccccc1)c1ccc(C(CC(=O)O)c2ccccc2)cc1. The summed E-state index contributed by atoms with van der Waals surface area (Å²) in [4.78, 5) is 22.7. The summed E-state index contributed by atoms with van der Waals surface area (Å²) in [6.07, 6.45) is 0.00119. The van der Waals surface area contributed by atoms with E-state index in [1.165, 1.54) is 0 Å². The van der Waals surface area contributed by atoms with Crippen LogP contribution in [0.2, 0.25) is 0 Å². The van der Waals surface area contributed by atoms with Gasteiger partial charge in [0.25, 0.3) is 0 Å². The third-order valence-corrected chi connectivity index (χ3v) is 4.90. The molecule has 166 valence electrons. The first-order chi connectivity index (χ1) is 15.3. The van der Waals surface area contributed by atoms with E-state index in [-0.39, 0.29) is 30.6 Å². The number of carboxylic acid groups (broad SMARTS) is 2. The van der Waals surface area contributed by atoms with Gasteiger partial charge in [0, 0.05) is 11.8 Å². The number of benzene rings is 3. The highest BCUT2D eigenvalue weighted by atomic mass is 16.4. The van der Waals surface area contributed by atoms with Crippen LogP contribution in [0.3, 0.4) is 0 Å². The van der Waals surface area contributed by atoms with Gasteiger partial charge in [0.2, 0.25) is 0 Å². The van der Waals surface area contributed by atoms with E-state index in [2.05, 4.69) is 11.5 Å². The Hall–Kier alpha value is -4.13. The summed E-state index contributed by atoms with van der Waals surface area (Å²) in [5, 5.41) is 24.7. The number of guanidine groups is 1. The van der Waals surface area contributed by atoms with Crippen LogP contribution in [0, 0.1) is 5.41 Å². The Morgan fingerprint density at radius 1 is 0.625 bits per heavy atom. The molecule has 0 heterocycles. The molecule has 0 spiro atoms. The van der Waals surface area contributed by atoms with Gasteiger partial charge in [0.15, 0.2) is 5.96 Å². The Balaban J connectivity index is 0.000000837. The van der Waals surface area contributed by atoms with E-state index in [0.29, 0.717) is 0 Å². The molecule has 2 unspecified atom stereocenters. The van der Waals surface area contributed by atoms with Crippen molar-refractivity contribution in [3.05, 3.63) is 107 Å². The highest BCUT2D eigenvalue weighted by molar-refractivity contribution is 5.71. The van der Waals surface area contributed by atoms with E-state index in [1.54, 1.807) is 0 Å². The first-order valence-electron chi connectivity index (χ1n) is 10.0. The average Bonchev–Trinajstić information content (AvgIpc) is 2.77. The van der Waals surface area contributed by atoms with E-state index in [0.717, 1.165) is 22.3 Å². The molecule has 2 atom stereocenters. The molecule has 3 aromatic carbocycles. The van der Waals surface area contributed by atoms with Crippen molar-refractivity contribution in [2.24, 2.45) is 11.5 Å². The molecule has 0 aromatic heterocycles. The summed E-state index contributed by atoms with van der Waals surface area (Å²) in [6.45, 7) is 0. The second-order valence-corrected chi connectivity index (χ2v) is 7.24. The number of hydrogen-bond acceptors (Lipinski definition) is 3. The monoisotopic (exact) mass is 433 g/mol. The fraction of sp³-hybridized carbons (Fsp3) is 0.160. The van der Waals surface area contributed by atoms with Crippen LogP contribution in [-0.2, 0) is 9.59 Å². The third kappa shape index (κ3) is 7.60. The van der Waals surface area contributed by atoms with Gasteiger partial charge in [-0.25, -0.2) is 0 Å². The maximum Gasteiger partial charge on any atom is 0.304 e. The zero-order chi connectivity index (χ0) is 23.5. The minimum absolute atomic E-state index is 0.000595. The van der Waals surface area contributed by atoms with Gasteiger partial charge in [-0.2, -0.15) is 0 Å². The minimum Gasteiger partial charge on any atom is -0.481 e. The van der Waals surface area contributed by atoms with Crippen molar-refractivity contribution in [3.63, 3.8) is 0 Å². The van der Waals surface area contributed by atoms with Crippen LogP contribution in [0.15, 0.2) is 84.9 Å². The van der Waals surface area contributed by atoms with E-state index in [1.807, 2.05) is 84.9 Å². The number of nitrogens with two attached hydrogens (primary N) is 2. The van der Waals surface area contributed by atoms with Gasteiger partial charge in [0.05, 0.1) is 12.8 Å². The number of carboxylic acids is 2. The van der Waals surface area contributed by atoms with Crippen LogP contribution in [-0.4, -0.2) is 28.1 Å². The van der Waals surface area contributed by atoms with Crippen LogP contribution < -0.4 is 11.5 Å². The maximum absolute atomic E-state index is 11.4. The standard InChI is InChI=1S/C24H22O4.CH5N3/c25-23(26)15-21(17-7-3-1-4-8-17)19-11-13-20(14-12-19)22(16-24(27)28)18-9-5-2-6-10-18;2-1(3)4/h1-14,21-22H,15-16H2,(H,25,26)(H,27,28);(H5,2,3,4). The van der Waals surface area contributed by atoms with Crippen molar-refractivity contribution in [3.8, 4) is 0 Å². The average molecular weight is 434 g/mol. The van der Waals surface area contributed by atoms with E-state index < -0.39 is 11.9 Å². The fourth-order valence-corrected chi connectivity index (χ4v) is 3.54. The molecule has 0 saturated heterocycles. The summed E-state index contributed by atoms with van der Waals surface area (Å²) in [7, 11) is 0. The highest BCUT2D eigenvalue weighted by Crippen LogP contribution is 2.32. The summed E-state index contributed by atoms with van der Waals surface area (Å²) in [5.74, 6) is -2.54. The van der Waals surface area contributed by atoms with Crippen LogP contribution in [0.1, 0.15) is 46.9 Å². The van der Waals surface area contributed by atoms with Crippen molar-refractivity contribution in [2.45, 2.75) is 24.7 Å². The molecular formula is C25H27N3O4. The van der Waals surface area contributed by atoms with Crippen molar-refractivity contribution < 1.29 is 19.8 Å². The van der Waals surface area contributed by atoms with Gasteiger partial charge < -0.3 is 21.7 Å². The number of hydrogen-bond donors (Lipinski definition) is 5. The van der Waals surface area contributed by atoms with E-state index in [4.69, 9.17) is 5.41 Å². The number of aliphatic carboxylic acids is 2. The second kappa shape index (κ2) is 11.9. The number of carbonyl (C=O) groups is 2. The van der Waals surface area contributed by atoms with E-state index in [9.17, 15) is 19.8 Å². The molecule has 7 N–H and O–H groups in total. The first kappa shape index (κ1) is 24.1. The summed E-state index contributed by atoms with van der Waals surface area (Å²) < 4.78 is 0. The normalized spacial score (nSPS) is 12.0. The first-order valence-corrected chi connectivity index (χ1v) is 10.0. The molecule has 0 saturated carbocycles. The molecule has 3 aromatic rings. The highest BCUT2D eigenvalue weighted by Gasteiger charge is 2.20. The molecule has 0 aliphatic carbocycles. The van der Waals surface area contributed by atoms with Gasteiger partial charge in [-0.1, -0.05) is 84.9 Å². The predicted molar refractivity (Wildman–Crippen MR) is 124 cm³/mol. The van der Waals surface area contributed by atoms with E-state index >= 15 is 0 Å². The van der Waals surface area contributed by atoms with Crippen molar-refractivity contribution in [1.29, 1.82) is 5.41 Å². The molecular weight excluding hydrogens is 406 g/mol. The van der Waals surface area contributed by atoms with Gasteiger partial charge in [-0.05, 0) is 22.3 Å². The predicted octanol–water partition coefficient (Wildman–Crippen LogP) is 3.74. The minimum atomic E-state index is -0.856. The topological polar surface area (TPSA) is 150 Å². The fourth-order valence-electron chi connectivity index (χ4n) is 3.54. The Morgan fingerprint density at radius 3 is 1.12 bits per heavy atom. The molecule has 0 aliphatic rings. The lowest BCUT2D eigenvalue weighted by Gasteiger charge is -2.19. The van der Waals surface area contributed by atoms with Crippen molar-refractivity contribution in [2.75, 3.05) is 0 Å². The quantitative estimate of drug-likeness (QED) is 0.270. The summed E-state index contributed by atoms with van der Waals surface area (Å²) >= 11 is 0. The number of rotatable bonds is 8. The zero-order valence-electron chi connectivity index (χ0n) is 17.5. The largest absolute Gasteiger partial charge is 0.481 e. The molecule has 32 heavy (non-hydrogen) atoms. The summed E-state index contributed by atoms with van der Waals surface area (Å²) in [5.41, 5.74) is 12.6. The van der Waals surface area contributed by atoms with Crippen LogP contribution in [0.5, 0.6) is 0 Å². The lowest BCUT2D eigenvalue weighted by Crippen LogP contribution is -2.20. The Morgan fingerprint density at radius 2 is 0.875 bits per heavy atom. The molecule has 7 heteroatoms. The molecule has 0 amide bonds. The lowest BCUT2D eigenvalue weighted by molar-refractivity contribution is -0.138. The van der Waals surface area contributed by atoms with Crippen molar-refractivity contribution >= 4 is 17.9 Å². The summed E-state index contributed by atoms with van der Waals surface area (Å²) in [6, 6.07) is 26.8. The Bertz CT molecular complexity index is 940. The zero-order valence-corrected chi connectivity index (χ0v) is 17.5. The van der Waals surface area contributed by atoms with Crippen LogP contribution in [0.4, 0.5) is 0 Å². The van der Waals surface area contributed by atoms with Crippen molar-refractivity contribution in [1.82, 2.24) is 0 Å². The van der Waals surface area contributed by atoms with Crippen LogP contribution >= 0.6 is 0 Å². The number of nitrogens with one attached hydrogen (secondary N) is 1. The molecule has 7 nitrogen and oxygen atoms in total. The van der Waals surface area contributed by atoms with Gasteiger partial charge in [0.1, 0.15) is 0 Å². The molecule has 0 fully saturated rings. The van der Waals surface area contributed by atoms with Crippen LogP contribution in [0.25, 0.3) is 0 Å².